The first-order valence-corrected chi connectivity index (χ1v) is 12.4. The van der Waals surface area contributed by atoms with Gasteiger partial charge in [0.1, 0.15) is 19.0 Å². The van der Waals surface area contributed by atoms with E-state index < -0.39 is 0 Å². The second kappa shape index (κ2) is 13.4. The second-order valence-corrected chi connectivity index (χ2v) is 9.52. The first-order chi connectivity index (χ1) is 17.3. The van der Waals surface area contributed by atoms with Crippen molar-refractivity contribution in [1.29, 1.82) is 0 Å². The smallest absolute Gasteiger partial charge is 0.257 e. The van der Waals surface area contributed by atoms with E-state index in [1.807, 2.05) is 6.07 Å². The number of ether oxygens (including phenoxy) is 3. The average Bonchev–Trinajstić information content (AvgIpc) is 2.87. The Morgan fingerprint density at radius 3 is 2.56 bits per heavy atom. The molecular weight excluding hydrogens is 458 g/mol. The van der Waals surface area contributed by atoms with Crippen LogP contribution in [0.15, 0.2) is 48.5 Å². The molecule has 0 fully saturated rings. The number of rotatable bonds is 7. The number of amides is 2. The minimum Gasteiger partial charge on any atom is -0.491 e. The molecular formula is C28H39N3O5. The third-order valence-electron chi connectivity index (χ3n) is 6.67. The summed E-state index contributed by atoms with van der Waals surface area (Å²) in [7, 11) is 4.95. The van der Waals surface area contributed by atoms with E-state index in [0.717, 1.165) is 19.5 Å². The average molecular weight is 498 g/mol. The van der Waals surface area contributed by atoms with Crippen LogP contribution in [0.3, 0.4) is 0 Å². The monoisotopic (exact) mass is 497 g/mol. The van der Waals surface area contributed by atoms with Crippen molar-refractivity contribution < 1.29 is 23.8 Å². The van der Waals surface area contributed by atoms with Gasteiger partial charge in [-0.25, -0.2) is 0 Å². The van der Waals surface area contributed by atoms with Crippen molar-refractivity contribution in [3.8, 4) is 5.75 Å². The molecule has 36 heavy (non-hydrogen) atoms. The predicted octanol–water partition coefficient (Wildman–Crippen LogP) is 3.32. The van der Waals surface area contributed by atoms with Gasteiger partial charge >= 0.3 is 0 Å². The summed E-state index contributed by atoms with van der Waals surface area (Å²) in [6.07, 6.45) is 0.821. The second-order valence-electron chi connectivity index (χ2n) is 9.52. The number of fused-ring (bicyclic) bond motifs is 1. The Hall–Kier alpha value is -2.94. The lowest BCUT2D eigenvalue weighted by Gasteiger charge is -2.36. The maximum absolute atomic E-state index is 13.3. The van der Waals surface area contributed by atoms with Gasteiger partial charge in [0, 0.05) is 58.7 Å². The molecule has 8 nitrogen and oxygen atoms in total. The fourth-order valence-electron chi connectivity index (χ4n) is 4.48. The normalized spacial score (nSPS) is 21.6. The molecule has 196 valence electrons. The topological polar surface area (TPSA) is 80.3 Å². The summed E-state index contributed by atoms with van der Waals surface area (Å²) < 4.78 is 17.0. The zero-order valence-electron chi connectivity index (χ0n) is 22.0. The summed E-state index contributed by atoms with van der Waals surface area (Å²) in [4.78, 5) is 29.5. The third kappa shape index (κ3) is 7.53. The summed E-state index contributed by atoms with van der Waals surface area (Å²) in [5.41, 5.74) is 2.29. The minimum atomic E-state index is -0.272. The van der Waals surface area contributed by atoms with Crippen LogP contribution >= 0.6 is 0 Å². The van der Waals surface area contributed by atoms with Crippen LogP contribution in [-0.2, 0) is 20.7 Å². The van der Waals surface area contributed by atoms with Gasteiger partial charge in [0.05, 0.1) is 11.7 Å². The molecule has 0 aromatic heterocycles. The fourth-order valence-corrected chi connectivity index (χ4v) is 4.48. The van der Waals surface area contributed by atoms with Gasteiger partial charge < -0.3 is 24.4 Å². The van der Waals surface area contributed by atoms with E-state index in [-0.39, 0.29) is 36.5 Å². The number of carbonyl (C=O) groups excluding carboxylic acids is 2. The van der Waals surface area contributed by atoms with Crippen molar-refractivity contribution in [2.45, 2.75) is 32.4 Å². The Morgan fingerprint density at radius 1 is 1.11 bits per heavy atom. The number of hydrogen-bond acceptors (Lipinski definition) is 6. The highest BCUT2D eigenvalue weighted by molar-refractivity contribution is 5.98. The van der Waals surface area contributed by atoms with E-state index in [2.05, 4.69) is 48.3 Å². The summed E-state index contributed by atoms with van der Waals surface area (Å²) in [5.74, 6) is 0.231. The Labute approximate surface area is 214 Å². The van der Waals surface area contributed by atoms with E-state index >= 15 is 0 Å². The van der Waals surface area contributed by atoms with Crippen molar-refractivity contribution in [1.82, 2.24) is 9.80 Å². The number of methoxy groups -OCH3 is 2. The molecule has 0 aliphatic carbocycles. The molecule has 0 spiro atoms. The molecule has 3 rings (SSSR count). The number of benzene rings is 2. The first-order valence-electron chi connectivity index (χ1n) is 12.4. The van der Waals surface area contributed by atoms with E-state index in [9.17, 15) is 9.59 Å². The van der Waals surface area contributed by atoms with Gasteiger partial charge in [-0.1, -0.05) is 37.3 Å². The Balaban J connectivity index is 1.87. The number of anilines is 1. The molecule has 0 saturated carbocycles. The van der Waals surface area contributed by atoms with Crippen LogP contribution in [-0.4, -0.2) is 87.9 Å². The Kier molecular flexibility index (Phi) is 10.3. The van der Waals surface area contributed by atoms with Gasteiger partial charge in [-0.05, 0) is 37.0 Å². The highest BCUT2D eigenvalue weighted by atomic mass is 16.5. The van der Waals surface area contributed by atoms with Gasteiger partial charge in [-0.15, -0.1) is 0 Å². The molecule has 1 N–H and O–H groups in total. The highest BCUT2D eigenvalue weighted by Gasteiger charge is 2.28. The minimum absolute atomic E-state index is 0.0520. The first kappa shape index (κ1) is 27.6. The lowest BCUT2D eigenvalue weighted by atomic mass is 10.0. The quantitative estimate of drug-likeness (QED) is 0.632. The van der Waals surface area contributed by atoms with Crippen LogP contribution < -0.4 is 10.1 Å². The zero-order chi connectivity index (χ0) is 26.1. The van der Waals surface area contributed by atoms with Crippen molar-refractivity contribution in [3.63, 3.8) is 0 Å². The number of carbonyl (C=O) groups is 2. The van der Waals surface area contributed by atoms with Gasteiger partial charge in [0.25, 0.3) is 5.91 Å². The summed E-state index contributed by atoms with van der Waals surface area (Å²) in [5, 5.41) is 2.79. The van der Waals surface area contributed by atoms with Crippen LogP contribution in [0.1, 0.15) is 29.8 Å². The largest absolute Gasteiger partial charge is 0.491 e. The van der Waals surface area contributed by atoms with E-state index in [1.54, 1.807) is 37.3 Å². The maximum Gasteiger partial charge on any atom is 0.257 e. The molecule has 0 radical (unpaired) electrons. The van der Waals surface area contributed by atoms with E-state index in [1.165, 1.54) is 12.7 Å². The summed E-state index contributed by atoms with van der Waals surface area (Å²) in [6.45, 7) is 6.82. The van der Waals surface area contributed by atoms with Gasteiger partial charge in [-0.3, -0.25) is 14.5 Å². The van der Waals surface area contributed by atoms with Crippen molar-refractivity contribution in [2.24, 2.45) is 5.92 Å². The standard InChI is InChI=1S/C28H39N3O5/c1-20-16-31(14-13-22-9-7-6-8-10-22)21(2)18-36-25-15-23(29-27(32)19-34-4)11-12-24(25)28(33)30(3)17-26(20)35-5/h6-12,15,20-21,26H,13-14,16-19H2,1-5H3,(H,29,32)/t20-,21+,26+/m1/s1. The molecule has 3 atom stereocenters. The van der Waals surface area contributed by atoms with Crippen LogP contribution in [0.4, 0.5) is 5.69 Å². The molecule has 1 aliphatic rings. The van der Waals surface area contributed by atoms with Crippen LogP contribution in [0.25, 0.3) is 0 Å². The molecule has 1 heterocycles. The van der Waals surface area contributed by atoms with Crippen LogP contribution in [0, 0.1) is 5.92 Å². The molecule has 1 aliphatic heterocycles. The molecule has 2 aromatic carbocycles. The van der Waals surface area contributed by atoms with Crippen molar-refractivity contribution in [2.75, 3.05) is 59.4 Å². The van der Waals surface area contributed by atoms with Gasteiger partial charge in [0.2, 0.25) is 5.91 Å². The highest BCUT2D eigenvalue weighted by Crippen LogP contribution is 2.27. The molecule has 0 saturated heterocycles. The molecule has 2 aromatic rings. The lowest BCUT2D eigenvalue weighted by molar-refractivity contribution is -0.119. The predicted molar refractivity (Wildman–Crippen MR) is 141 cm³/mol. The van der Waals surface area contributed by atoms with Crippen molar-refractivity contribution >= 4 is 17.5 Å². The molecule has 0 unspecified atom stereocenters. The number of hydrogen-bond donors (Lipinski definition) is 1. The summed E-state index contributed by atoms with van der Waals surface area (Å²) >= 11 is 0. The van der Waals surface area contributed by atoms with Crippen LogP contribution in [0.2, 0.25) is 0 Å². The van der Waals surface area contributed by atoms with Gasteiger partial charge in [0.15, 0.2) is 0 Å². The zero-order valence-corrected chi connectivity index (χ0v) is 22.0. The summed E-state index contributed by atoms with van der Waals surface area (Å²) in [6, 6.07) is 15.7. The maximum atomic E-state index is 13.3. The molecule has 0 bridgehead atoms. The van der Waals surface area contributed by atoms with E-state index in [4.69, 9.17) is 14.2 Å². The SMILES string of the molecule is COCC(=O)Nc1ccc2c(c1)OC[C@H](C)N(CCc1ccccc1)C[C@@H](C)[C@@H](OC)CN(C)C2=O. The number of nitrogens with zero attached hydrogens (tertiary/aromatic N) is 2. The Bertz CT molecular complexity index is 1000. The lowest BCUT2D eigenvalue weighted by Crippen LogP contribution is -2.47. The van der Waals surface area contributed by atoms with Crippen molar-refractivity contribution in [3.05, 3.63) is 59.7 Å². The molecule has 8 heteroatoms. The Morgan fingerprint density at radius 2 is 1.86 bits per heavy atom. The third-order valence-corrected chi connectivity index (χ3v) is 6.67. The number of likely N-dealkylation sites (N-methyl/N-ethyl adjacent to an activating group) is 1. The van der Waals surface area contributed by atoms with Crippen LogP contribution in [0.5, 0.6) is 5.75 Å². The van der Waals surface area contributed by atoms with E-state index in [0.29, 0.717) is 30.2 Å². The fraction of sp³-hybridized carbons (Fsp3) is 0.500. The number of nitrogens with one attached hydrogen (secondary N) is 1. The molecule has 2 amide bonds. The van der Waals surface area contributed by atoms with Gasteiger partial charge in [-0.2, -0.15) is 0 Å².